The minimum atomic E-state index is -0.120. The number of benzene rings is 1. The van der Waals surface area contributed by atoms with E-state index in [2.05, 4.69) is 64.2 Å². The van der Waals surface area contributed by atoms with Crippen molar-refractivity contribution in [1.82, 2.24) is 19.8 Å². The van der Waals surface area contributed by atoms with Crippen LogP contribution in [0.5, 0.6) is 0 Å². The number of rotatable bonds is 6. The van der Waals surface area contributed by atoms with Crippen molar-refractivity contribution in [2.45, 2.75) is 61.0 Å². The van der Waals surface area contributed by atoms with Crippen molar-refractivity contribution >= 4 is 23.6 Å². The molecule has 5 rings (SSSR count). The summed E-state index contributed by atoms with van der Waals surface area (Å²) in [5.74, 6) is 1.38. The first kappa shape index (κ1) is 22.7. The minimum Gasteiger partial charge on any atom is -0.317 e. The van der Waals surface area contributed by atoms with Crippen molar-refractivity contribution in [3.8, 4) is 0 Å². The molecule has 2 heterocycles. The third kappa shape index (κ3) is 3.93. The summed E-state index contributed by atoms with van der Waals surface area (Å²) < 4.78 is 0. The molecule has 7 heteroatoms. The largest absolute Gasteiger partial charge is 0.326 e. The number of thioether (sulfide) groups is 1. The molecule has 3 fully saturated rings. The van der Waals surface area contributed by atoms with E-state index in [-0.39, 0.29) is 17.1 Å². The second kappa shape index (κ2) is 8.91. The van der Waals surface area contributed by atoms with Crippen LogP contribution in [0.2, 0.25) is 0 Å². The Morgan fingerprint density at radius 3 is 2.42 bits per heavy atom. The van der Waals surface area contributed by atoms with Crippen molar-refractivity contribution in [1.29, 1.82) is 0 Å². The van der Waals surface area contributed by atoms with Crippen LogP contribution < -0.4 is 4.90 Å². The molecule has 1 aromatic carbocycles. The van der Waals surface area contributed by atoms with Crippen LogP contribution in [0.3, 0.4) is 0 Å². The zero-order chi connectivity index (χ0) is 23.1. The predicted octanol–water partition coefficient (Wildman–Crippen LogP) is 5.01. The van der Waals surface area contributed by atoms with Gasteiger partial charge in [-0.1, -0.05) is 36.8 Å². The van der Waals surface area contributed by atoms with Gasteiger partial charge in [-0.05, 0) is 70.4 Å². The number of nitrogens with zero attached hydrogens (tertiary/aromatic N) is 5. The maximum Gasteiger partial charge on any atom is 0.326 e. The van der Waals surface area contributed by atoms with Gasteiger partial charge in [0.2, 0.25) is 0 Å². The number of anilines is 1. The van der Waals surface area contributed by atoms with Gasteiger partial charge in [0.15, 0.2) is 0 Å². The van der Waals surface area contributed by atoms with Gasteiger partial charge in [-0.15, -0.1) is 11.8 Å². The first-order chi connectivity index (χ1) is 16.0. The zero-order valence-corrected chi connectivity index (χ0v) is 20.9. The Labute approximate surface area is 201 Å². The molecule has 1 aromatic heterocycles. The molecular formula is C26H35N5OS. The van der Waals surface area contributed by atoms with E-state index >= 15 is 0 Å². The summed E-state index contributed by atoms with van der Waals surface area (Å²) in [5.41, 5.74) is 1.29. The lowest BCUT2D eigenvalue weighted by Crippen LogP contribution is -2.56. The molecule has 0 bridgehead atoms. The highest BCUT2D eigenvalue weighted by molar-refractivity contribution is 7.98. The van der Waals surface area contributed by atoms with Gasteiger partial charge in [0.1, 0.15) is 17.2 Å². The van der Waals surface area contributed by atoms with Crippen LogP contribution in [0.15, 0.2) is 47.8 Å². The molecule has 2 aliphatic carbocycles. The van der Waals surface area contributed by atoms with Gasteiger partial charge in [0.25, 0.3) is 0 Å². The van der Waals surface area contributed by atoms with E-state index in [4.69, 9.17) is 0 Å². The fraction of sp³-hybridized carbons (Fsp3) is 0.577. The minimum absolute atomic E-state index is 0.0199. The van der Waals surface area contributed by atoms with Gasteiger partial charge in [-0.2, -0.15) is 0 Å². The third-order valence-electron chi connectivity index (χ3n) is 8.44. The Morgan fingerprint density at radius 2 is 1.82 bits per heavy atom. The molecule has 0 atom stereocenters. The summed E-state index contributed by atoms with van der Waals surface area (Å²) in [4.78, 5) is 29.2. The van der Waals surface area contributed by atoms with Crippen LogP contribution in [-0.2, 0) is 5.54 Å². The van der Waals surface area contributed by atoms with Gasteiger partial charge in [-0.25, -0.2) is 14.8 Å². The van der Waals surface area contributed by atoms with E-state index < -0.39 is 0 Å². The van der Waals surface area contributed by atoms with Crippen molar-refractivity contribution in [2.24, 2.45) is 5.92 Å². The van der Waals surface area contributed by atoms with Crippen molar-refractivity contribution in [2.75, 3.05) is 38.3 Å². The lowest BCUT2D eigenvalue weighted by Gasteiger charge is -2.51. The van der Waals surface area contributed by atoms with E-state index in [1.54, 1.807) is 18.1 Å². The summed E-state index contributed by atoms with van der Waals surface area (Å²) in [6.07, 6.45) is 11.5. The van der Waals surface area contributed by atoms with Crippen LogP contribution in [-0.4, -0.2) is 64.8 Å². The monoisotopic (exact) mass is 465 g/mol. The summed E-state index contributed by atoms with van der Waals surface area (Å²) in [5, 5.41) is 0.902. The van der Waals surface area contributed by atoms with Gasteiger partial charge in [0.05, 0.1) is 12.1 Å². The van der Waals surface area contributed by atoms with Crippen molar-refractivity contribution in [3.63, 3.8) is 0 Å². The second-order valence-corrected chi connectivity index (χ2v) is 11.0. The first-order valence-corrected chi connectivity index (χ1v) is 13.4. The summed E-state index contributed by atoms with van der Waals surface area (Å²) in [7, 11) is 4.40. The van der Waals surface area contributed by atoms with E-state index in [1.807, 2.05) is 17.2 Å². The third-order valence-corrected chi connectivity index (χ3v) is 9.08. The predicted molar refractivity (Wildman–Crippen MR) is 134 cm³/mol. The van der Waals surface area contributed by atoms with Crippen LogP contribution in [0.4, 0.5) is 10.6 Å². The molecule has 2 saturated carbocycles. The van der Waals surface area contributed by atoms with E-state index in [0.29, 0.717) is 5.92 Å². The smallest absolute Gasteiger partial charge is 0.317 e. The Balaban J connectivity index is 1.45. The Bertz CT molecular complexity index is 985. The van der Waals surface area contributed by atoms with Crippen molar-refractivity contribution in [3.05, 3.63) is 48.3 Å². The molecule has 33 heavy (non-hydrogen) atoms. The van der Waals surface area contributed by atoms with E-state index in [0.717, 1.165) is 49.6 Å². The number of carbonyl (C=O) groups is 1. The van der Waals surface area contributed by atoms with Crippen molar-refractivity contribution < 1.29 is 4.79 Å². The molecule has 3 aliphatic rings. The molecule has 6 nitrogen and oxygen atoms in total. The number of hydrogen-bond donors (Lipinski definition) is 0. The molecule has 2 aromatic rings. The number of urea groups is 1. The maximum absolute atomic E-state index is 13.8. The lowest BCUT2D eigenvalue weighted by atomic mass is 9.68. The van der Waals surface area contributed by atoms with Gasteiger partial charge in [0, 0.05) is 18.2 Å². The molecule has 0 unspecified atom stereocenters. The standard InChI is InChI=1S/C26H35N5OS/c1-29(2)26(21-10-5-4-6-11-21)14-12-25(13-15-26)18-30(22-16-23(33-3)28-19-27-22)24(32)31(25)17-20-8-7-9-20/h4-6,10-11,16,19-20H,7-9,12-15,17-18H2,1-3H3. The fourth-order valence-electron chi connectivity index (χ4n) is 6.07. The highest BCUT2D eigenvalue weighted by Crippen LogP contribution is 2.50. The highest BCUT2D eigenvalue weighted by atomic mass is 32.2. The topological polar surface area (TPSA) is 52.6 Å². The summed E-state index contributed by atoms with van der Waals surface area (Å²) in [6.45, 7) is 1.61. The molecule has 1 spiro atoms. The SMILES string of the molecule is CSc1cc(N2CC3(CCC(c4ccccc4)(N(C)C)CC3)N(CC3CCC3)C2=O)ncn1. The number of aromatic nitrogens is 2. The van der Waals surface area contributed by atoms with Crippen LogP contribution in [0, 0.1) is 5.92 Å². The average Bonchev–Trinajstić information content (AvgIpc) is 3.08. The lowest BCUT2D eigenvalue weighted by molar-refractivity contribution is 0.0172. The van der Waals surface area contributed by atoms with E-state index in [1.165, 1.54) is 24.8 Å². The average molecular weight is 466 g/mol. The number of hydrogen-bond acceptors (Lipinski definition) is 5. The zero-order valence-electron chi connectivity index (χ0n) is 20.0. The normalized spacial score (nSPS) is 28.1. The molecule has 1 saturated heterocycles. The number of amides is 2. The fourth-order valence-corrected chi connectivity index (χ4v) is 6.44. The number of carbonyl (C=O) groups excluding carboxylic acids is 1. The molecule has 2 amide bonds. The van der Waals surface area contributed by atoms with Gasteiger partial charge < -0.3 is 4.90 Å². The molecular weight excluding hydrogens is 430 g/mol. The molecule has 176 valence electrons. The Kier molecular flexibility index (Phi) is 6.12. The summed E-state index contributed by atoms with van der Waals surface area (Å²) in [6, 6.07) is 13.0. The maximum atomic E-state index is 13.8. The quantitative estimate of drug-likeness (QED) is 0.443. The van der Waals surface area contributed by atoms with E-state index in [9.17, 15) is 4.79 Å². The summed E-state index contributed by atoms with van der Waals surface area (Å²) >= 11 is 1.59. The van der Waals surface area contributed by atoms with Gasteiger partial charge >= 0.3 is 6.03 Å². The van der Waals surface area contributed by atoms with Crippen LogP contribution >= 0.6 is 11.8 Å². The second-order valence-electron chi connectivity index (χ2n) is 10.2. The first-order valence-electron chi connectivity index (χ1n) is 12.2. The Morgan fingerprint density at radius 1 is 1.09 bits per heavy atom. The molecule has 0 radical (unpaired) electrons. The van der Waals surface area contributed by atoms with Gasteiger partial charge in [-0.3, -0.25) is 9.80 Å². The molecule has 1 aliphatic heterocycles. The van der Waals surface area contributed by atoms with Crippen LogP contribution in [0.1, 0.15) is 50.5 Å². The highest BCUT2D eigenvalue weighted by Gasteiger charge is 2.55. The Hall–Kier alpha value is -2.12. The van der Waals surface area contributed by atoms with Crippen LogP contribution in [0.25, 0.3) is 0 Å². The molecule has 0 N–H and O–H groups in total.